The summed E-state index contributed by atoms with van der Waals surface area (Å²) in [5.74, 6) is 1.16. The first-order valence-electron chi connectivity index (χ1n) is 8.86. The van der Waals surface area contributed by atoms with Crippen molar-refractivity contribution in [3.63, 3.8) is 0 Å². The van der Waals surface area contributed by atoms with E-state index in [1.165, 1.54) is 11.3 Å². The highest BCUT2D eigenvalue weighted by molar-refractivity contribution is 7.80. The van der Waals surface area contributed by atoms with E-state index in [0.29, 0.717) is 28.0 Å². The zero-order chi connectivity index (χ0) is 20.2. The number of benzene rings is 2. The van der Waals surface area contributed by atoms with Crippen molar-refractivity contribution in [3.8, 4) is 22.1 Å². The standard InChI is InChI=1S/C20H18N4O3S2/c1-12-17(29-19(22-12)14-5-3-2-4-6-14)18(25)23-24-20(28)21-10-13-7-8-15-16(9-13)27-11-26-15/h2-9H,10-11H2,1H3,(H,23,25)(H2,21,24,28). The minimum absolute atomic E-state index is 0.237. The molecule has 1 amide bonds. The molecule has 7 nitrogen and oxygen atoms in total. The number of thiocarbonyl (C=S) groups is 1. The molecular formula is C20H18N4O3S2. The van der Waals surface area contributed by atoms with Crippen LogP contribution in [0.4, 0.5) is 0 Å². The summed E-state index contributed by atoms with van der Waals surface area (Å²) < 4.78 is 10.7. The monoisotopic (exact) mass is 426 g/mol. The summed E-state index contributed by atoms with van der Waals surface area (Å²) in [5.41, 5.74) is 7.97. The molecule has 0 radical (unpaired) electrons. The molecule has 0 saturated carbocycles. The number of ether oxygens (including phenoxy) is 2. The van der Waals surface area contributed by atoms with Crippen molar-refractivity contribution in [3.05, 3.63) is 64.7 Å². The number of hydrogen-bond donors (Lipinski definition) is 3. The van der Waals surface area contributed by atoms with Gasteiger partial charge in [-0.3, -0.25) is 15.6 Å². The van der Waals surface area contributed by atoms with E-state index in [1.807, 2.05) is 55.5 Å². The number of aryl methyl sites for hydroxylation is 1. The topological polar surface area (TPSA) is 84.5 Å². The van der Waals surface area contributed by atoms with Crippen LogP contribution in [0.2, 0.25) is 0 Å². The van der Waals surface area contributed by atoms with Gasteiger partial charge >= 0.3 is 0 Å². The van der Waals surface area contributed by atoms with Crippen molar-refractivity contribution < 1.29 is 14.3 Å². The maximum absolute atomic E-state index is 12.5. The van der Waals surface area contributed by atoms with E-state index in [-0.39, 0.29) is 12.7 Å². The Balaban J connectivity index is 1.30. The smallest absolute Gasteiger partial charge is 0.281 e. The third-order valence-electron chi connectivity index (χ3n) is 4.20. The number of amides is 1. The maximum atomic E-state index is 12.5. The third kappa shape index (κ3) is 4.47. The SMILES string of the molecule is Cc1nc(-c2ccccc2)sc1C(=O)NNC(=S)NCc1ccc2c(c1)OCO2. The third-order valence-corrected chi connectivity index (χ3v) is 5.65. The minimum atomic E-state index is -0.283. The maximum Gasteiger partial charge on any atom is 0.281 e. The number of nitrogens with zero attached hydrogens (tertiary/aromatic N) is 1. The van der Waals surface area contributed by atoms with Crippen LogP contribution in [-0.2, 0) is 6.54 Å². The number of carbonyl (C=O) groups excluding carboxylic acids is 1. The van der Waals surface area contributed by atoms with Crippen LogP contribution in [0, 0.1) is 6.92 Å². The predicted molar refractivity (Wildman–Crippen MR) is 115 cm³/mol. The van der Waals surface area contributed by atoms with Crippen LogP contribution in [0.5, 0.6) is 11.5 Å². The number of thiazole rings is 1. The molecular weight excluding hydrogens is 408 g/mol. The van der Waals surface area contributed by atoms with Gasteiger partial charge in [0.15, 0.2) is 16.6 Å². The van der Waals surface area contributed by atoms with Crippen molar-refractivity contribution in [2.75, 3.05) is 6.79 Å². The van der Waals surface area contributed by atoms with Crippen LogP contribution < -0.4 is 25.6 Å². The second kappa shape index (κ2) is 8.46. The molecule has 4 rings (SSSR count). The van der Waals surface area contributed by atoms with Gasteiger partial charge in [-0.15, -0.1) is 11.3 Å². The Morgan fingerprint density at radius 2 is 1.93 bits per heavy atom. The molecule has 9 heteroatoms. The molecule has 2 heterocycles. The zero-order valence-corrected chi connectivity index (χ0v) is 17.2. The summed E-state index contributed by atoms with van der Waals surface area (Å²) in [4.78, 5) is 17.5. The van der Waals surface area contributed by atoms with Crippen LogP contribution in [-0.4, -0.2) is 22.8 Å². The number of aromatic nitrogens is 1. The molecule has 2 aromatic carbocycles. The summed E-state index contributed by atoms with van der Waals surface area (Å²) in [6, 6.07) is 15.4. The lowest BCUT2D eigenvalue weighted by Crippen LogP contribution is -2.46. The van der Waals surface area contributed by atoms with E-state index in [2.05, 4.69) is 21.2 Å². The van der Waals surface area contributed by atoms with Crippen LogP contribution in [0.25, 0.3) is 10.6 Å². The fourth-order valence-electron chi connectivity index (χ4n) is 2.76. The Morgan fingerprint density at radius 3 is 2.76 bits per heavy atom. The van der Waals surface area contributed by atoms with Crippen LogP contribution in [0.3, 0.4) is 0 Å². The van der Waals surface area contributed by atoms with E-state index in [9.17, 15) is 4.79 Å². The lowest BCUT2D eigenvalue weighted by molar-refractivity contribution is 0.0947. The minimum Gasteiger partial charge on any atom is -0.454 e. The molecule has 0 fully saturated rings. The number of nitrogens with one attached hydrogen (secondary N) is 3. The Morgan fingerprint density at radius 1 is 1.14 bits per heavy atom. The van der Waals surface area contributed by atoms with Gasteiger partial charge in [-0.2, -0.15) is 0 Å². The van der Waals surface area contributed by atoms with Crippen molar-refractivity contribution in [2.45, 2.75) is 13.5 Å². The first-order chi connectivity index (χ1) is 14.1. The van der Waals surface area contributed by atoms with E-state index in [4.69, 9.17) is 21.7 Å². The van der Waals surface area contributed by atoms with Crippen LogP contribution in [0.15, 0.2) is 48.5 Å². The molecule has 1 aromatic heterocycles. The van der Waals surface area contributed by atoms with Gasteiger partial charge in [0.1, 0.15) is 9.88 Å². The summed E-state index contributed by atoms with van der Waals surface area (Å²) >= 11 is 6.57. The first kappa shape index (κ1) is 19.2. The van der Waals surface area contributed by atoms with Gasteiger partial charge in [-0.05, 0) is 36.8 Å². The van der Waals surface area contributed by atoms with Gasteiger partial charge < -0.3 is 14.8 Å². The highest BCUT2D eigenvalue weighted by Crippen LogP contribution is 2.32. The van der Waals surface area contributed by atoms with Crippen molar-refractivity contribution >= 4 is 34.6 Å². The molecule has 148 valence electrons. The fourth-order valence-corrected chi connectivity index (χ4v) is 3.85. The Hall–Kier alpha value is -3.17. The number of rotatable bonds is 4. The van der Waals surface area contributed by atoms with Crippen molar-refractivity contribution in [2.24, 2.45) is 0 Å². The van der Waals surface area contributed by atoms with Crippen molar-refractivity contribution in [1.29, 1.82) is 0 Å². The van der Waals surface area contributed by atoms with E-state index in [1.54, 1.807) is 0 Å². The lowest BCUT2D eigenvalue weighted by atomic mass is 10.2. The largest absolute Gasteiger partial charge is 0.454 e. The van der Waals surface area contributed by atoms with Crippen LogP contribution in [0.1, 0.15) is 20.9 Å². The van der Waals surface area contributed by atoms with E-state index in [0.717, 1.165) is 21.9 Å². The number of hydrazine groups is 1. The number of carbonyl (C=O) groups is 1. The lowest BCUT2D eigenvalue weighted by Gasteiger charge is -2.11. The molecule has 0 bridgehead atoms. The molecule has 1 aliphatic rings. The van der Waals surface area contributed by atoms with E-state index >= 15 is 0 Å². The Bertz CT molecular complexity index is 1050. The van der Waals surface area contributed by atoms with Gasteiger partial charge in [0, 0.05) is 12.1 Å². The summed E-state index contributed by atoms with van der Waals surface area (Å²) in [5, 5.41) is 4.15. The molecule has 0 aliphatic carbocycles. The second-order valence-electron chi connectivity index (χ2n) is 6.25. The normalized spacial score (nSPS) is 11.8. The number of fused-ring (bicyclic) bond motifs is 1. The molecule has 0 unspecified atom stereocenters. The average Bonchev–Trinajstić information content (AvgIpc) is 3.37. The molecule has 0 atom stereocenters. The highest BCUT2D eigenvalue weighted by Gasteiger charge is 2.16. The average molecular weight is 427 g/mol. The van der Waals surface area contributed by atoms with E-state index < -0.39 is 0 Å². The Labute approximate surface area is 177 Å². The molecule has 3 N–H and O–H groups in total. The summed E-state index contributed by atoms with van der Waals surface area (Å²) in [6.45, 7) is 2.53. The molecule has 0 spiro atoms. The molecule has 29 heavy (non-hydrogen) atoms. The van der Waals surface area contributed by atoms with Crippen molar-refractivity contribution in [1.82, 2.24) is 21.2 Å². The molecule has 0 saturated heterocycles. The van der Waals surface area contributed by atoms with Gasteiger partial charge in [-0.1, -0.05) is 36.4 Å². The first-order valence-corrected chi connectivity index (χ1v) is 10.1. The predicted octanol–water partition coefficient (Wildman–Crippen LogP) is 3.16. The van der Waals surface area contributed by atoms with Gasteiger partial charge in [-0.25, -0.2) is 4.98 Å². The second-order valence-corrected chi connectivity index (χ2v) is 7.66. The highest BCUT2D eigenvalue weighted by atomic mass is 32.1. The zero-order valence-electron chi connectivity index (χ0n) is 15.5. The summed E-state index contributed by atoms with van der Waals surface area (Å²) in [6.07, 6.45) is 0. The Kier molecular flexibility index (Phi) is 5.59. The summed E-state index contributed by atoms with van der Waals surface area (Å²) in [7, 11) is 0. The molecule has 1 aliphatic heterocycles. The fraction of sp³-hybridized carbons (Fsp3) is 0.150. The van der Waals surface area contributed by atoms with Gasteiger partial charge in [0.2, 0.25) is 6.79 Å². The quantitative estimate of drug-likeness (QED) is 0.437. The number of hydrogen-bond acceptors (Lipinski definition) is 6. The molecule has 3 aromatic rings. The van der Waals surface area contributed by atoms with Gasteiger partial charge in [0.05, 0.1) is 5.69 Å². The van der Waals surface area contributed by atoms with Gasteiger partial charge in [0.25, 0.3) is 5.91 Å². The van der Waals surface area contributed by atoms with Crippen LogP contribution >= 0.6 is 23.6 Å².